The number of hydrogen-bond donors (Lipinski definition) is 3. The zero-order valence-corrected chi connectivity index (χ0v) is 11.1. The average molecular weight is 246 g/mol. The first-order valence-corrected chi connectivity index (χ1v) is 6.31. The molecule has 0 bridgehead atoms. The van der Waals surface area contributed by atoms with E-state index in [9.17, 15) is 10.2 Å². The molecule has 5 heteroatoms. The molecule has 0 aliphatic carbocycles. The predicted molar refractivity (Wildman–Crippen MR) is 66.2 cm³/mol. The van der Waals surface area contributed by atoms with Gasteiger partial charge in [0.2, 0.25) is 6.41 Å². The summed E-state index contributed by atoms with van der Waals surface area (Å²) < 4.78 is 5.49. The number of likely N-dealkylation sites (tertiary alicyclic amines) is 1. The maximum absolute atomic E-state index is 9.91. The van der Waals surface area contributed by atoms with Gasteiger partial charge in [0.1, 0.15) is 0 Å². The van der Waals surface area contributed by atoms with Crippen LogP contribution in [-0.2, 0) is 4.74 Å². The van der Waals surface area contributed by atoms with Crippen molar-refractivity contribution in [3.8, 4) is 0 Å². The second-order valence-corrected chi connectivity index (χ2v) is 5.73. The van der Waals surface area contributed by atoms with E-state index in [1.807, 2.05) is 25.7 Å². The minimum Gasteiger partial charge on any atom is -0.392 e. The van der Waals surface area contributed by atoms with Crippen molar-refractivity contribution in [2.24, 2.45) is 11.7 Å². The minimum atomic E-state index is -0.856. The highest BCUT2D eigenvalue weighted by Gasteiger charge is 2.29. The van der Waals surface area contributed by atoms with Crippen LogP contribution in [0.5, 0.6) is 0 Å². The lowest BCUT2D eigenvalue weighted by Gasteiger charge is -2.38. The van der Waals surface area contributed by atoms with Gasteiger partial charge in [-0.05, 0) is 39.5 Å². The lowest BCUT2D eigenvalue weighted by atomic mass is 9.91. The molecule has 0 aromatic carbocycles. The van der Waals surface area contributed by atoms with E-state index in [0.29, 0.717) is 6.54 Å². The van der Waals surface area contributed by atoms with Crippen LogP contribution in [0, 0.1) is 5.92 Å². The lowest BCUT2D eigenvalue weighted by Crippen LogP contribution is -2.47. The zero-order chi connectivity index (χ0) is 13.1. The number of ether oxygens (including phenoxy) is 1. The molecule has 1 saturated heterocycles. The van der Waals surface area contributed by atoms with Crippen LogP contribution in [0.2, 0.25) is 0 Å². The first kappa shape index (κ1) is 14.9. The van der Waals surface area contributed by atoms with Crippen molar-refractivity contribution in [2.45, 2.75) is 51.7 Å². The molecule has 1 heterocycles. The van der Waals surface area contributed by atoms with Crippen molar-refractivity contribution < 1.29 is 14.9 Å². The zero-order valence-electron chi connectivity index (χ0n) is 11.1. The van der Waals surface area contributed by atoms with Crippen LogP contribution in [0.1, 0.15) is 33.6 Å². The summed E-state index contributed by atoms with van der Waals surface area (Å²) in [7, 11) is 0. The standard InChI is InChI=1S/C12H26N2O3/c1-12(2,3)17-11(16)14-6-4-9(5-7-14)10(15)8-13/h9-11,15-16H,4-8,13H2,1-3H3. The molecule has 0 radical (unpaired) electrons. The van der Waals surface area contributed by atoms with Crippen LogP contribution in [-0.4, -0.2) is 52.9 Å². The summed E-state index contributed by atoms with van der Waals surface area (Å²) in [5.74, 6) is 0.248. The Morgan fingerprint density at radius 3 is 2.24 bits per heavy atom. The van der Waals surface area contributed by atoms with Gasteiger partial charge in [0.05, 0.1) is 11.7 Å². The van der Waals surface area contributed by atoms with Gasteiger partial charge in [-0.3, -0.25) is 4.90 Å². The third kappa shape index (κ3) is 4.89. The lowest BCUT2D eigenvalue weighted by molar-refractivity contribution is -0.244. The SMILES string of the molecule is CC(C)(C)OC(O)N1CCC(C(O)CN)CC1. The number of hydrogen-bond acceptors (Lipinski definition) is 5. The highest BCUT2D eigenvalue weighted by Crippen LogP contribution is 2.23. The maximum Gasteiger partial charge on any atom is 0.216 e. The Kier molecular flexibility index (Phi) is 5.34. The molecule has 102 valence electrons. The first-order valence-electron chi connectivity index (χ1n) is 6.31. The fourth-order valence-electron chi connectivity index (χ4n) is 2.11. The van der Waals surface area contributed by atoms with E-state index in [1.54, 1.807) is 0 Å². The van der Waals surface area contributed by atoms with E-state index in [4.69, 9.17) is 10.5 Å². The number of nitrogens with two attached hydrogens (primary N) is 1. The largest absolute Gasteiger partial charge is 0.392 e. The third-order valence-electron chi connectivity index (χ3n) is 3.13. The normalized spacial score (nSPS) is 23.6. The summed E-state index contributed by atoms with van der Waals surface area (Å²) in [4.78, 5) is 1.89. The van der Waals surface area contributed by atoms with Crippen molar-refractivity contribution in [2.75, 3.05) is 19.6 Å². The number of aliphatic hydroxyl groups excluding tert-OH is 2. The Hall–Kier alpha value is -0.200. The van der Waals surface area contributed by atoms with Gasteiger partial charge in [0.15, 0.2) is 0 Å². The van der Waals surface area contributed by atoms with E-state index in [1.165, 1.54) is 0 Å². The monoisotopic (exact) mass is 246 g/mol. The smallest absolute Gasteiger partial charge is 0.216 e. The Balaban J connectivity index is 2.36. The van der Waals surface area contributed by atoms with E-state index < -0.39 is 12.5 Å². The van der Waals surface area contributed by atoms with E-state index in [0.717, 1.165) is 25.9 Å². The van der Waals surface area contributed by atoms with Crippen LogP contribution in [0.4, 0.5) is 0 Å². The van der Waals surface area contributed by atoms with Gasteiger partial charge in [-0.25, -0.2) is 0 Å². The molecular weight excluding hydrogens is 220 g/mol. The maximum atomic E-state index is 9.91. The van der Waals surface area contributed by atoms with E-state index in [2.05, 4.69) is 0 Å². The summed E-state index contributed by atoms with van der Waals surface area (Å²) >= 11 is 0. The molecule has 1 aliphatic heterocycles. The van der Waals surface area contributed by atoms with Crippen molar-refractivity contribution >= 4 is 0 Å². The second kappa shape index (κ2) is 6.11. The Bertz CT molecular complexity index is 222. The highest BCUT2D eigenvalue weighted by molar-refractivity contribution is 4.78. The van der Waals surface area contributed by atoms with Gasteiger partial charge in [0.25, 0.3) is 0 Å². The molecule has 2 unspecified atom stereocenters. The number of nitrogens with zero attached hydrogens (tertiary/aromatic N) is 1. The third-order valence-corrected chi connectivity index (χ3v) is 3.13. The molecule has 0 aromatic heterocycles. The van der Waals surface area contributed by atoms with Crippen LogP contribution < -0.4 is 5.73 Å². The van der Waals surface area contributed by atoms with Crippen LogP contribution in [0.25, 0.3) is 0 Å². The molecule has 1 fully saturated rings. The Morgan fingerprint density at radius 1 is 1.29 bits per heavy atom. The molecule has 0 aromatic rings. The minimum absolute atomic E-state index is 0.248. The van der Waals surface area contributed by atoms with Crippen LogP contribution in [0.15, 0.2) is 0 Å². The predicted octanol–water partition coefficient (Wildman–Crippen LogP) is 0.109. The molecule has 2 atom stereocenters. The molecule has 17 heavy (non-hydrogen) atoms. The van der Waals surface area contributed by atoms with Gasteiger partial charge in [-0.2, -0.15) is 0 Å². The summed E-state index contributed by atoms with van der Waals surface area (Å²) in [5, 5.41) is 19.6. The molecule has 1 aliphatic rings. The van der Waals surface area contributed by atoms with Crippen LogP contribution in [0.3, 0.4) is 0 Å². The number of rotatable bonds is 4. The van der Waals surface area contributed by atoms with Crippen molar-refractivity contribution in [1.82, 2.24) is 4.90 Å². The number of piperidine rings is 1. The number of aliphatic hydroxyl groups is 2. The highest BCUT2D eigenvalue weighted by atomic mass is 16.6. The molecule has 0 saturated carbocycles. The van der Waals surface area contributed by atoms with Gasteiger partial charge in [-0.15, -0.1) is 0 Å². The second-order valence-electron chi connectivity index (χ2n) is 5.73. The van der Waals surface area contributed by atoms with Crippen molar-refractivity contribution in [3.05, 3.63) is 0 Å². The average Bonchev–Trinajstić information content (AvgIpc) is 2.26. The van der Waals surface area contributed by atoms with Gasteiger partial charge in [-0.1, -0.05) is 0 Å². The quantitative estimate of drug-likeness (QED) is 0.614. The van der Waals surface area contributed by atoms with Gasteiger partial charge < -0.3 is 20.7 Å². The molecule has 4 N–H and O–H groups in total. The van der Waals surface area contributed by atoms with Crippen molar-refractivity contribution in [3.63, 3.8) is 0 Å². The van der Waals surface area contributed by atoms with Gasteiger partial charge >= 0.3 is 0 Å². The van der Waals surface area contributed by atoms with Gasteiger partial charge in [0, 0.05) is 19.6 Å². The molecular formula is C12H26N2O3. The molecule has 5 nitrogen and oxygen atoms in total. The Morgan fingerprint density at radius 2 is 1.82 bits per heavy atom. The summed E-state index contributed by atoms with van der Waals surface area (Å²) in [6.07, 6.45) is 0.426. The van der Waals surface area contributed by atoms with E-state index in [-0.39, 0.29) is 11.5 Å². The van der Waals surface area contributed by atoms with Crippen LogP contribution >= 0.6 is 0 Å². The fourth-order valence-corrected chi connectivity index (χ4v) is 2.11. The van der Waals surface area contributed by atoms with Crippen molar-refractivity contribution in [1.29, 1.82) is 0 Å². The van der Waals surface area contributed by atoms with E-state index >= 15 is 0 Å². The Labute approximate surface area is 104 Å². The molecule has 0 amide bonds. The molecule has 1 rings (SSSR count). The fraction of sp³-hybridized carbons (Fsp3) is 1.00. The molecule has 0 spiro atoms. The summed E-state index contributed by atoms with van der Waals surface area (Å²) in [6.45, 7) is 7.53. The summed E-state index contributed by atoms with van der Waals surface area (Å²) in [5.41, 5.74) is 5.09. The summed E-state index contributed by atoms with van der Waals surface area (Å²) in [6, 6.07) is 0. The topological polar surface area (TPSA) is 79.0 Å². The first-order chi connectivity index (χ1) is 7.83.